The molecule has 2 aliphatic rings. The molecule has 2 atom stereocenters. The maximum absolute atomic E-state index is 12.1. The van der Waals surface area contributed by atoms with Crippen LogP contribution in [-0.4, -0.2) is 22.2 Å². The fraction of sp³-hybridized carbons (Fsp3) is 0.375. The maximum Gasteiger partial charge on any atom is 0.275 e. The number of rotatable bonds is 2. The number of nitrogens with one attached hydrogen (secondary N) is 2. The Morgan fingerprint density at radius 1 is 1.09 bits per heavy atom. The van der Waals surface area contributed by atoms with Gasteiger partial charge in [0.25, 0.3) is 11.8 Å². The molecule has 6 heteroatoms. The zero-order valence-electron chi connectivity index (χ0n) is 12.0. The van der Waals surface area contributed by atoms with Gasteiger partial charge in [-0.15, -0.1) is 11.8 Å². The summed E-state index contributed by atoms with van der Waals surface area (Å²) in [6, 6.07) is 6.20. The summed E-state index contributed by atoms with van der Waals surface area (Å²) in [5.41, 5.74) is 4.90. The van der Waals surface area contributed by atoms with E-state index in [4.69, 9.17) is 0 Å². The average molecular weight is 318 g/mol. The van der Waals surface area contributed by atoms with Crippen LogP contribution < -0.4 is 10.9 Å². The summed E-state index contributed by atoms with van der Waals surface area (Å²) in [5.74, 6) is -0.460. The molecule has 5 nitrogen and oxygen atoms in total. The molecular weight excluding hydrogens is 300 g/mol. The van der Waals surface area contributed by atoms with Crippen molar-refractivity contribution in [3.8, 4) is 5.75 Å². The monoisotopic (exact) mass is 318 g/mol. The number of carbonyl (C=O) groups is 2. The van der Waals surface area contributed by atoms with E-state index in [1.54, 1.807) is 23.9 Å². The van der Waals surface area contributed by atoms with Crippen molar-refractivity contribution in [3.05, 3.63) is 40.8 Å². The molecule has 1 saturated carbocycles. The summed E-state index contributed by atoms with van der Waals surface area (Å²) in [4.78, 5) is 24.7. The van der Waals surface area contributed by atoms with Crippen LogP contribution in [0.3, 0.4) is 0 Å². The first kappa shape index (κ1) is 15.0. The first-order chi connectivity index (χ1) is 10.6. The molecule has 0 aromatic heterocycles. The molecule has 3 N–H and O–H groups in total. The van der Waals surface area contributed by atoms with Gasteiger partial charge in [-0.2, -0.15) is 0 Å². The number of hydrogen-bond donors (Lipinski definition) is 3. The normalized spacial score (nSPS) is 23.4. The highest BCUT2D eigenvalue weighted by Gasteiger charge is 2.33. The number of para-hydroxylation sites is 1. The first-order valence-electron chi connectivity index (χ1n) is 7.42. The summed E-state index contributed by atoms with van der Waals surface area (Å²) in [7, 11) is 0. The number of phenols is 1. The minimum absolute atomic E-state index is 0.116. The molecule has 1 aliphatic carbocycles. The van der Waals surface area contributed by atoms with Gasteiger partial charge in [-0.1, -0.05) is 31.1 Å². The second-order valence-corrected chi connectivity index (χ2v) is 6.84. The van der Waals surface area contributed by atoms with Crippen molar-refractivity contribution in [3.63, 3.8) is 0 Å². The second kappa shape index (κ2) is 6.44. The largest absolute Gasteiger partial charge is 0.507 e. The predicted molar refractivity (Wildman–Crippen MR) is 85.1 cm³/mol. The second-order valence-electron chi connectivity index (χ2n) is 5.56. The Balaban J connectivity index is 1.57. The third-order valence-corrected chi connectivity index (χ3v) is 5.52. The average Bonchev–Trinajstić information content (AvgIpc) is 2.97. The van der Waals surface area contributed by atoms with Gasteiger partial charge in [0.1, 0.15) is 5.75 Å². The van der Waals surface area contributed by atoms with Crippen LogP contribution >= 0.6 is 11.8 Å². The molecule has 0 saturated heterocycles. The van der Waals surface area contributed by atoms with Crippen LogP contribution in [0.25, 0.3) is 0 Å². The van der Waals surface area contributed by atoms with Crippen molar-refractivity contribution in [2.75, 3.05) is 0 Å². The number of hydrogen-bond acceptors (Lipinski definition) is 4. The summed E-state index contributed by atoms with van der Waals surface area (Å²) in [6.07, 6.45) is 6.75. The predicted octanol–water partition coefficient (Wildman–Crippen LogP) is 2.34. The SMILES string of the molecule is O=C(NNC(=O)c1ccccc1O)C1=C[C@H]2CCCC[C@@H]2S1. The lowest BCUT2D eigenvalue weighted by molar-refractivity contribution is -0.117. The van der Waals surface area contributed by atoms with E-state index < -0.39 is 5.91 Å². The topological polar surface area (TPSA) is 78.4 Å². The van der Waals surface area contributed by atoms with E-state index in [9.17, 15) is 14.7 Å². The highest BCUT2D eigenvalue weighted by molar-refractivity contribution is 8.04. The number of thioether (sulfide) groups is 1. The zero-order valence-corrected chi connectivity index (χ0v) is 12.9. The van der Waals surface area contributed by atoms with Crippen LogP contribution in [-0.2, 0) is 4.79 Å². The molecule has 1 aromatic carbocycles. The molecule has 22 heavy (non-hydrogen) atoms. The van der Waals surface area contributed by atoms with Gasteiger partial charge >= 0.3 is 0 Å². The van der Waals surface area contributed by atoms with Crippen LogP contribution in [0.1, 0.15) is 36.0 Å². The van der Waals surface area contributed by atoms with Crippen molar-refractivity contribution in [1.29, 1.82) is 0 Å². The number of hydrazine groups is 1. The Morgan fingerprint density at radius 2 is 1.82 bits per heavy atom. The number of amides is 2. The van der Waals surface area contributed by atoms with Crippen LogP contribution in [0, 0.1) is 5.92 Å². The Hall–Kier alpha value is -1.95. The third kappa shape index (κ3) is 3.11. The summed E-state index contributed by atoms with van der Waals surface area (Å²) >= 11 is 1.60. The minimum Gasteiger partial charge on any atom is -0.507 e. The van der Waals surface area contributed by atoms with Crippen molar-refractivity contribution < 1.29 is 14.7 Å². The molecule has 1 aromatic rings. The summed E-state index contributed by atoms with van der Waals surface area (Å²) in [5, 5.41) is 10.1. The third-order valence-electron chi connectivity index (χ3n) is 4.06. The van der Waals surface area contributed by atoms with Gasteiger partial charge < -0.3 is 5.11 Å². The standard InChI is InChI=1S/C16H18N2O3S/c19-12-7-3-2-6-11(12)15(20)17-18-16(21)14-9-10-5-1-4-8-13(10)22-14/h2-3,6-7,9-10,13,19H,1,4-5,8H2,(H,17,20)(H,18,21)/t10-,13+/m1/s1. The molecular formula is C16H18N2O3S. The number of carbonyl (C=O) groups excluding carboxylic acids is 2. The number of aromatic hydroxyl groups is 1. The smallest absolute Gasteiger partial charge is 0.275 e. The van der Waals surface area contributed by atoms with E-state index >= 15 is 0 Å². The Kier molecular flexibility index (Phi) is 4.38. The molecule has 0 bridgehead atoms. The van der Waals surface area contributed by atoms with Gasteiger partial charge in [0, 0.05) is 5.25 Å². The summed E-state index contributed by atoms with van der Waals surface area (Å²) in [6.45, 7) is 0. The maximum atomic E-state index is 12.1. The molecule has 3 rings (SSSR count). The highest BCUT2D eigenvalue weighted by Crippen LogP contribution is 2.44. The minimum atomic E-state index is -0.535. The lowest BCUT2D eigenvalue weighted by atomic mass is 9.89. The van der Waals surface area contributed by atoms with Crippen LogP contribution in [0.15, 0.2) is 35.2 Å². The Morgan fingerprint density at radius 3 is 2.59 bits per heavy atom. The zero-order chi connectivity index (χ0) is 15.5. The molecule has 2 amide bonds. The summed E-state index contributed by atoms with van der Waals surface area (Å²) < 4.78 is 0. The van der Waals surface area contributed by atoms with E-state index in [1.165, 1.54) is 25.0 Å². The van der Waals surface area contributed by atoms with Crippen molar-refractivity contribution in [2.24, 2.45) is 5.92 Å². The molecule has 0 spiro atoms. The van der Waals surface area contributed by atoms with Crippen LogP contribution in [0.2, 0.25) is 0 Å². The number of fused-ring (bicyclic) bond motifs is 1. The molecule has 1 fully saturated rings. The number of benzene rings is 1. The van der Waals surface area contributed by atoms with E-state index in [1.807, 2.05) is 6.08 Å². The Labute approximate surface area is 133 Å². The molecule has 1 aliphatic heterocycles. The van der Waals surface area contributed by atoms with Gasteiger partial charge in [0.2, 0.25) is 0 Å². The molecule has 1 heterocycles. The van der Waals surface area contributed by atoms with Gasteiger partial charge in [0.05, 0.1) is 10.5 Å². The fourth-order valence-electron chi connectivity index (χ4n) is 2.90. The number of phenolic OH excluding ortho intramolecular Hbond substituents is 1. The molecule has 116 valence electrons. The van der Waals surface area contributed by atoms with Gasteiger partial charge in [-0.3, -0.25) is 20.4 Å². The van der Waals surface area contributed by atoms with Crippen molar-refractivity contribution >= 4 is 23.6 Å². The van der Waals surface area contributed by atoms with Crippen LogP contribution in [0.4, 0.5) is 0 Å². The van der Waals surface area contributed by atoms with Crippen LogP contribution in [0.5, 0.6) is 5.75 Å². The van der Waals surface area contributed by atoms with Crippen molar-refractivity contribution in [2.45, 2.75) is 30.9 Å². The van der Waals surface area contributed by atoms with E-state index in [2.05, 4.69) is 10.9 Å². The molecule has 0 radical (unpaired) electrons. The van der Waals surface area contributed by atoms with Gasteiger partial charge in [0.15, 0.2) is 0 Å². The highest BCUT2D eigenvalue weighted by atomic mass is 32.2. The first-order valence-corrected chi connectivity index (χ1v) is 8.30. The number of allylic oxidation sites excluding steroid dienone is 1. The quantitative estimate of drug-likeness (QED) is 0.731. The van der Waals surface area contributed by atoms with Gasteiger partial charge in [-0.05, 0) is 30.9 Å². The van der Waals surface area contributed by atoms with Gasteiger partial charge in [-0.25, -0.2) is 0 Å². The Bertz CT molecular complexity index is 630. The van der Waals surface area contributed by atoms with E-state index in [-0.39, 0.29) is 17.2 Å². The van der Waals surface area contributed by atoms with Crippen molar-refractivity contribution in [1.82, 2.24) is 10.9 Å². The van der Waals surface area contributed by atoms with E-state index in [0.29, 0.717) is 16.1 Å². The lowest BCUT2D eigenvalue weighted by Gasteiger charge is -2.23. The molecule has 0 unspecified atom stereocenters. The lowest BCUT2D eigenvalue weighted by Crippen LogP contribution is -2.41. The fourth-order valence-corrected chi connectivity index (χ4v) is 4.31. The van der Waals surface area contributed by atoms with E-state index in [0.717, 1.165) is 12.8 Å².